The van der Waals surface area contributed by atoms with Crippen molar-refractivity contribution in [2.75, 3.05) is 11.9 Å². The molecular formula is C41H53NO8. The fraction of sp³-hybridized carbons (Fsp3) is 0.634. The van der Waals surface area contributed by atoms with Crippen LogP contribution in [0.25, 0.3) is 0 Å². The summed E-state index contributed by atoms with van der Waals surface area (Å²) in [7, 11) is 0. The second-order valence-electron chi connectivity index (χ2n) is 16.6. The van der Waals surface area contributed by atoms with Crippen LogP contribution in [0.4, 0.5) is 10.5 Å². The second kappa shape index (κ2) is 12.8. The number of para-hydroxylation sites is 1. The molecule has 2 spiro atoms. The SMILES string of the molecule is C=C(C(=O)[C@H](OC(C)=O)C(C)[C@H]1[C@@H](OC(C)=O)C[C@@]2(C)[C@@H]3CC[C@H]4[C@H](C)C(=O)C=CC45CC35CC[C@]12C)[C@@H](C)COC(=O)Nc1ccccc1. The number of hydrogen-bond acceptors (Lipinski definition) is 8. The molecule has 0 radical (unpaired) electrons. The summed E-state index contributed by atoms with van der Waals surface area (Å²) in [6.07, 6.45) is 7.42. The van der Waals surface area contributed by atoms with E-state index in [0.29, 0.717) is 23.9 Å². The number of anilines is 1. The molecule has 0 heterocycles. The second-order valence-corrected chi connectivity index (χ2v) is 16.6. The summed E-state index contributed by atoms with van der Waals surface area (Å²) < 4.78 is 17.4. The highest BCUT2D eigenvalue weighted by molar-refractivity contribution is 6.00. The van der Waals surface area contributed by atoms with Crippen LogP contribution >= 0.6 is 0 Å². The molecule has 9 heteroatoms. The molecule has 5 aliphatic rings. The number of Topliss-reactive ketones (excluding diaryl/α,β-unsaturated/α-hetero) is 1. The highest BCUT2D eigenvalue weighted by atomic mass is 16.6. The van der Waals surface area contributed by atoms with Gasteiger partial charge in [-0.15, -0.1) is 0 Å². The third-order valence-corrected chi connectivity index (χ3v) is 14.3. The van der Waals surface area contributed by atoms with E-state index in [0.717, 1.165) is 32.1 Å². The van der Waals surface area contributed by atoms with Crippen LogP contribution in [0.15, 0.2) is 54.6 Å². The maximum atomic E-state index is 14.3. The highest BCUT2D eigenvalue weighted by Gasteiger charge is 2.81. The first kappa shape index (κ1) is 36.1. The monoisotopic (exact) mass is 687 g/mol. The normalized spacial score (nSPS) is 38.1. The predicted molar refractivity (Wildman–Crippen MR) is 188 cm³/mol. The van der Waals surface area contributed by atoms with E-state index in [2.05, 4.69) is 38.7 Å². The number of carbonyl (C=O) groups excluding carboxylic acids is 5. The van der Waals surface area contributed by atoms with Gasteiger partial charge in [-0.05, 0) is 95.8 Å². The predicted octanol–water partition coefficient (Wildman–Crippen LogP) is 7.50. The molecular weight excluding hydrogens is 634 g/mol. The Morgan fingerprint density at radius 3 is 2.36 bits per heavy atom. The molecule has 1 N–H and O–H groups in total. The van der Waals surface area contributed by atoms with E-state index in [-0.39, 0.29) is 57.4 Å². The van der Waals surface area contributed by atoms with Gasteiger partial charge in [-0.1, -0.05) is 65.5 Å². The summed E-state index contributed by atoms with van der Waals surface area (Å²) in [5, 5.41) is 2.66. The molecule has 1 amide bonds. The average molecular weight is 688 g/mol. The van der Waals surface area contributed by atoms with Crippen molar-refractivity contribution in [1.29, 1.82) is 0 Å². The van der Waals surface area contributed by atoms with Gasteiger partial charge in [0.05, 0.1) is 6.61 Å². The Hall–Kier alpha value is -3.75. The minimum Gasteiger partial charge on any atom is -0.462 e. The van der Waals surface area contributed by atoms with E-state index in [4.69, 9.17) is 14.2 Å². The fourth-order valence-corrected chi connectivity index (χ4v) is 11.8. The van der Waals surface area contributed by atoms with E-state index >= 15 is 0 Å². The molecule has 1 aromatic rings. The first-order valence-corrected chi connectivity index (χ1v) is 18.3. The van der Waals surface area contributed by atoms with Crippen molar-refractivity contribution in [3.05, 3.63) is 54.6 Å². The molecule has 6 rings (SSSR count). The summed E-state index contributed by atoms with van der Waals surface area (Å²) in [4.78, 5) is 64.6. The molecule has 3 unspecified atom stereocenters. The maximum Gasteiger partial charge on any atom is 0.411 e. The average Bonchev–Trinajstić information content (AvgIpc) is 3.67. The molecule has 0 aliphatic heterocycles. The molecule has 270 valence electrons. The molecule has 5 aliphatic carbocycles. The molecule has 4 saturated carbocycles. The van der Waals surface area contributed by atoms with Crippen LogP contribution in [0.3, 0.4) is 0 Å². The zero-order valence-corrected chi connectivity index (χ0v) is 30.6. The first-order chi connectivity index (χ1) is 23.5. The van der Waals surface area contributed by atoms with Crippen molar-refractivity contribution >= 4 is 35.3 Å². The zero-order valence-electron chi connectivity index (χ0n) is 30.6. The number of ketones is 2. The van der Waals surface area contributed by atoms with E-state index in [1.54, 1.807) is 31.2 Å². The van der Waals surface area contributed by atoms with Crippen LogP contribution in [0.5, 0.6) is 0 Å². The van der Waals surface area contributed by atoms with Crippen molar-refractivity contribution in [2.24, 2.45) is 57.2 Å². The number of carbonyl (C=O) groups is 5. The Balaban J connectivity index is 1.25. The summed E-state index contributed by atoms with van der Waals surface area (Å²) in [6.45, 7) is 17.1. The van der Waals surface area contributed by atoms with Crippen molar-refractivity contribution in [1.82, 2.24) is 0 Å². The summed E-state index contributed by atoms with van der Waals surface area (Å²) in [5.41, 5.74) is 0.379. The van der Waals surface area contributed by atoms with Gasteiger partial charge >= 0.3 is 18.0 Å². The lowest BCUT2D eigenvalue weighted by molar-refractivity contribution is -0.166. The molecule has 4 fully saturated rings. The smallest absolute Gasteiger partial charge is 0.411 e. The van der Waals surface area contributed by atoms with Crippen LogP contribution in [0.2, 0.25) is 0 Å². The van der Waals surface area contributed by atoms with Gasteiger partial charge in [0, 0.05) is 43.2 Å². The van der Waals surface area contributed by atoms with Crippen LogP contribution < -0.4 is 5.32 Å². The Kier molecular flexibility index (Phi) is 9.22. The summed E-state index contributed by atoms with van der Waals surface area (Å²) in [6, 6.07) is 8.91. The molecule has 9 nitrogen and oxygen atoms in total. The number of fused-ring (bicyclic) bond motifs is 2. The van der Waals surface area contributed by atoms with Crippen LogP contribution in [0.1, 0.15) is 87.0 Å². The van der Waals surface area contributed by atoms with Crippen molar-refractivity contribution < 1.29 is 38.2 Å². The van der Waals surface area contributed by atoms with Gasteiger partial charge in [0.25, 0.3) is 0 Å². The van der Waals surface area contributed by atoms with E-state index in [1.165, 1.54) is 13.8 Å². The number of allylic oxidation sites excluding steroid dienone is 2. The Labute approximate surface area is 295 Å². The number of rotatable bonds is 10. The minimum absolute atomic E-state index is 0.0289. The molecule has 12 atom stereocenters. The van der Waals surface area contributed by atoms with Crippen LogP contribution in [-0.2, 0) is 33.4 Å². The minimum atomic E-state index is -1.16. The number of esters is 2. The number of ether oxygens (including phenoxy) is 3. The van der Waals surface area contributed by atoms with Gasteiger partial charge in [0.2, 0.25) is 0 Å². The quantitative estimate of drug-likeness (QED) is 0.152. The lowest BCUT2D eigenvalue weighted by Gasteiger charge is -2.61. The lowest BCUT2D eigenvalue weighted by atomic mass is 9.43. The Bertz CT molecular complexity index is 1620. The van der Waals surface area contributed by atoms with Crippen LogP contribution in [-0.4, -0.2) is 48.4 Å². The van der Waals surface area contributed by atoms with E-state index in [9.17, 15) is 24.0 Å². The molecule has 1 aromatic carbocycles. The number of nitrogens with one attached hydrogen (secondary N) is 1. The number of hydrogen-bond donors (Lipinski definition) is 1. The van der Waals surface area contributed by atoms with Crippen molar-refractivity contribution in [3.8, 4) is 0 Å². The van der Waals surface area contributed by atoms with Gasteiger partial charge in [-0.25, -0.2) is 4.79 Å². The van der Waals surface area contributed by atoms with Crippen molar-refractivity contribution in [2.45, 2.75) is 99.2 Å². The molecule has 50 heavy (non-hydrogen) atoms. The van der Waals surface area contributed by atoms with Gasteiger partial charge in [-0.3, -0.25) is 24.5 Å². The Morgan fingerprint density at radius 2 is 1.70 bits per heavy atom. The summed E-state index contributed by atoms with van der Waals surface area (Å²) >= 11 is 0. The van der Waals surface area contributed by atoms with Crippen LogP contribution in [0, 0.1) is 57.2 Å². The van der Waals surface area contributed by atoms with Gasteiger partial charge in [0.1, 0.15) is 6.10 Å². The van der Waals surface area contributed by atoms with E-state index in [1.807, 2.05) is 19.1 Å². The van der Waals surface area contributed by atoms with Gasteiger partial charge in [0.15, 0.2) is 17.7 Å². The fourth-order valence-electron chi connectivity index (χ4n) is 11.8. The third-order valence-electron chi connectivity index (χ3n) is 14.3. The zero-order chi connectivity index (χ0) is 36.4. The lowest BCUT2D eigenvalue weighted by Crippen LogP contribution is -2.56. The number of benzene rings is 1. The van der Waals surface area contributed by atoms with Crippen molar-refractivity contribution in [3.63, 3.8) is 0 Å². The third kappa shape index (κ3) is 5.54. The Morgan fingerprint density at radius 1 is 1.00 bits per heavy atom. The summed E-state index contributed by atoms with van der Waals surface area (Å²) in [5.74, 6) is -1.72. The standard InChI is InChI=1S/C41H53NO8/c1-23(21-48-37(47)42-29-12-10-9-11-13-29)24(2)35(46)36(50-28(6)44)26(4)34-32(49-27(5)43)20-39(8)33-15-14-30-25(3)31(45)16-17-40(30)22-41(33,40)19-18-38(34,39)7/h9-13,16-17,23,25-26,30,32-34,36H,2,14-15,18-22H2,1,3-8H3,(H,42,47)/t23-,25-,26?,30-,32-,33-,34-,36+,38+,39-,40?,41?/m0/s1. The highest BCUT2D eigenvalue weighted by Crippen LogP contribution is 2.87. The van der Waals surface area contributed by atoms with Gasteiger partial charge < -0.3 is 14.2 Å². The number of amides is 1. The molecule has 0 saturated heterocycles. The van der Waals surface area contributed by atoms with E-state index < -0.39 is 41.9 Å². The first-order valence-electron chi connectivity index (χ1n) is 18.3. The molecule has 0 bridgehead atoms. The maximum absolute atomic E-state index is 14.3. The topological polar surface area (TPSA) is 125 Å². The largest absolute Gasteiger partial charge is 0.462 e. The molecule has 0 aromatic heterocycles. The van der Waals surface area contributed by atoms with Gasteiger partial charge in [-0.2, -0.15) is 0 Å².